The highest BCUT2D eigenvalue weighted by atomic mass is 35.5. The summed E-state index contributed by atoms with van der Waals surface area (Å²) in [7, 11) is 0. The Morgan fingerprint density at radius 3 is 2.95 bits per heavy atom. The lowest BCUT2D eigenvalue weighted by molar-refractivity contribution is -0.120. The van der Waals surface area contributed by atoms with Gasteiger partial charge in [0.2, 0.25) is 5.91 Å². The first-order valence-electron chi connectivity index (χ1n) is 7.39. The molecule has 1 aliphatic heterocycles. The van der Waals surface area contributed by atoms with E-state index in [-0.39, 0.29) is 24.2 Å². The summed E-state index contributed by atoms with van der Waals surface area (Å²) in [6.07, 6.45) is 2.03. The molecule has 1 atom stereocenters. The van der Waals surface area contributed by atoms with Gasteiger partial charge >= 0.3 is 0 Å². The topological polar surface area (TPSA) is 50.4 Å². The van der Waals surface area contributed by atoms with Crippen molar-refractivity contribution in [3.8, 4) is 5.75 Å². The Labute approximate surface area is 133 Å². The summed E-state index contributed by atoms with van der Waals surface area (Å²) in [4.78, 5) is 12.2. The number of piperidine rings is 1. The third kappa shape index (κ3) is 5.94. The molecule has 0 aliphatic carbocycles. The molecule has 0 saturated carbocycles. The minimum atomic E-state index is 0. The summed E-state index contributed by atoms with van der Waals surface area (Å²) < 4.78 is 5.67. The van der Waals surface area contributed by atoms with E-state index in [1.165, 1.54) is 0 Å². The number of hydrogen-bond acceptors (Lipinski definition) is 3. The Hall–Kier alpha value is -1.26. The quantitative estimate of drug-likeness (QED) is 0.878. The van der Waals surface area contributed by atoms with Crippen LogP contribution in [0.4, 0.5) is 5.69 Å². The van der Waals surface area contributed by atoms with Gasteiger partial charge in [-0.25, -0.2) is 0 Å². The van der Waals surface area contributed by atoms with Gasteiger partial charge < -0.3 is 15.4 Å². The van der Waals surface area contributed by atoms with E-state index in [0.717, 1.165) is 37.4 Å². The average Bonchev–Trinajstić information content (AvgIpc) is 2.46. The smallest absolute Gasteiger partial charge is 0.228 e. The maximum Gasteiger partial charge on any atom is 0.228 e. The van der Waals surface area contributed by atoms with Gasteiger partial charge in [0.25, 0.3) is 0 Å². The number of carbonyl (C=O) groups is 1. The highest BCUT2D eigenvalue weighted by Crippen LogP contribution is 2.20. The second kappa shape index (κ2) is 8.90. The number of ether oxygens (including phenoxy) is 1. The van der Waals surface area contributed by atoms with Crippen molar-refractivity contribution in [1.82, 2.24) is 5.32 Å². The van der Waals surface area contributed by atoms with Crippen LogP contribution in [0.1, 0.15) is 26.7 Å². The summed E-state index contributed by atoms with van der Waals surface area (Å²) in [5.74, 6) is 1.46. The lowest BCUT2D eigenvalue weighted by atomic mass is 9.99. The van der Waals surface area contributed by atoms with Crippen LogP contribution in [0.2, 0.25) is 0 Å². The van der Waals surface area contributed by atoms with Crippen molar-refractivity contribution >= 4 is 24.0 Å². The van der Waals surface area contributed by atoms with Crippen molar-refractivity contribution in [1.29, 1.82) is 0 Å². The molecule has 118 valence electrons. The molecule has 1 aromatic carbocycles. The number of halogens is 1. The molecule has 1 unspecified atom stereocenters. The van der Waals surface area contributed by atoms with Gasteiger partial charge in [0.05, 0.1) is 12.5 Å². The van der Waals surface area contributed by atoms with Crippen LogP contribution in [0.3, 0.4) is 0 Å². The molecule has 1 saturated heterocycles. The van der Waals surface area contributed by atoms with Gasteiger partial charge in [-0.15, -0.1) is 12.4 Å². The Morgan fingerprint density at radius 1 is 1.48 bits per heavy atom. The maximum atomic E-state index is 12.2. The van der Waals surface area contributed by atoms with Crippen molar-refractivity contribution in [3.63, 3.8) is 0 Å². The van der Waals surface area contributed by atoms with E-state index in [2.05, 4.69) is 24.5 Å². The van der Waals surface area contributed by atoms with E-state index < -0.39 is 0 Å². The fraction of sp³-hybridized carbons (Fsp3) is 0.562. The second-order valence-electron chi connectivity index (χ2n) is 5.77. The molecule has 2 rings (SSSR count). The molecule has 1 fully saturated rings. The maximum absolute atomic E-state index is 12.2. The van der Waals surface area contributed by atoms with E-state index in [1.54, 1.807) is 0 Å². The van der Waals surface area contributed by atoms with Crippen LogP contribution in [0.25, 0.3) is 0 Å². The Morgan fingerprint density at radius 2 is 2.29 bits per heavy atom. The van der Waals surface area contributed by atoms with Crippen molar-refractivity contribution in [2.45, 2.75) is 26.7 Å². The van der Waals surface area contributed by atoms with Crippen molar-refractivity contribution in [3.05, 3.63) is 24.3 Å². The van der Waals surface area contributed by atoms with Crippen molar-refractivity contribution in [2.24, 2.45) is 11.8 Å². The molecule has 21 heavy (non-hydrogen) atoms. The molecule has 5 heteroatoms. The SMILES string of the molecule is CC(C)COc1cccc(NC(=O)C2CCCNC2)c1.Cl. The normalized spacial score (nSPS) is 18.0. The van der Waals surface area contributed by atoms with Gasteiger partial charge in [0.1, 0.15) is 5.75 Å². The van der Waals surface area contributed by atoms with Crippen LogP contribution < -0.4 is 15.4 Å². The summed E-state index contributed by atoms with van der Waals surface area (Å²) in [5, 5.41) is 6.24. The fourth-order valence-electron chi connectivity index (χ4n) is 2.25. The summed E-state index contributed by atoms with van der Waals surface area (Å²) in [6, 6.07) is 7.61. The molecule has 2 N–H and O–H groups in total. The average molecular weight is 313 g/mol. The Balaban J connectivity index is 0.00000220. The lowest BCUT2D eigenvalue weighted by Gasteiger charge is -2.22. The van der Waals surface area contributed by atoms with Crippen LogP contribution >= 0.6 is 12.4 Å². The molecular formula is C16H25ClN2O2. The zero-order chi connectivity index (χ0) is 14.4. The molecule has 1 heterocycles. The minimum Gasteiger partial charge on any atom is -0.493 e. The molecule has 4 nitrogen and oxygen atoms in total. The zero-order valence-corrected chi connectivity index (χ0v) is 13.5. The van der Waals surface area contributed by atoms with Crippen LogP contribution in [0, 0.1) is 11.8 Å². The lowest BCUT2D eigenvalue weighted by Crippen LogP contribution is -2.37. The van der Waals surface area contributed by atoms with Crippen LogP contribution in [0.15, 0.2) is 24.3 Å². The highest BCUT2D eigenvalue weighted by Gasteiger charge is 2.20. The molecule has 1 amide bonds. The summed E-state index contributed by atoms with van der Waals surface area (Å²) >= 11 is 0. The standard InChI is InChI=1S/C16H24N2O2.ClH/c1-12(2)11-20-15-7-3-6-14(9-15)18-16(19)13-5-4-8-17-10-13;/h3,6-7,9,12-13,17H,4-5,8,10-11H2,1-2H3,(H,18,19);1H. The molecular weight excluding hydrogens is 288 g/mol. The predicted molar refractivity (Wildman–Crippen MR) is 88.2 cm³/mol. The number of benzene rings is 1. The molecule has 0 aromatic heterocycles. The highest BCUT2D eigenvalue weighted by molar-refractivity contribution is 5.92. The van der Waals surface area contributed by atoms with Crippen LogP contribution in [-0.4, -0.2) is 25.6 Å². The summed E-state index contributed by atoms with van der Waals surface area (Å²) in [5.41, 5.74) is 0.807. The number of hydrogen-bond donors (Lipinski definition) is 2. The fourth-order valence-corrected chi connectivity index (χ4v) is 2.25. The number of carbonyl (C=O) groups excluding carboxylic acids is 1. The molecule has 1 aliphatic rings. The third-order valence-electron chi connectivity index (χ3n) is 3.35. The van der Waals surface area contributed by atoms with Crippen LogP contribution in [0.5, 0.6) is 5.75 Å². The van der Waals surface area contributed by atoms with Gasteiger partial charge in [-0.2, -0.15) is 0 Å². The molecule has 0 spiro atoms. The Bertz CT molecular complexity index is 446. The first-order valence-corrected chi connectivity index (χ1v) is 7.39. The third-order valence-corrected chi connectivity index (χ3v) is 3.35. The summed E-state index contributed by atoms with van der Waals surface area (Å²) in [6.45, 7) is 6.70. The molecule has 0 radical (unpaired) electrons. The first-order chi connectivity index (χ1) is 9.65. The van der Waals surface area contributed by atoms with Gasteiger partial charge in [0, 0.05) is 18.3 Å². The van der Waals surface area contributed by atoms with Crippen molar-refractivity contribution in [2.75, 3.05) is 25.0 Å². The van der Waals surface area contributed by atoms with E-state index in [4.69, 9.17) is 4.74 Å². The largest absolute Gasteiger partial charge is 0.493 e. The van der Waals surface area contributed by atoms with Crippen molar-refractivity contribution < 1.29 is 9.53 Å². The number of amides is 1. The minimum absolute atomic E-state index is 0. The first kappa shape index (κ1) is 17.8. The monoisotopic (exact) mass is 312 g/mol. The van der Waals surface area contributed by atoms with E-state index in [9.17, 15) is 4.79 Å². The van der Waals surface area contributed by atoms with Crippen LogP contribution in [-0.2, 0) is 4.79 Å². The molecule has 1 aromatic rings. The number of anilines is 1. The van der Waals surface area contributed by atoms with E-state index in [1.807, 2.05) is 24.3 Å². The van der Waals surface area contributed by atoms with Gasteiger partial charge in [-0.05, 0) is 37.4 Å². The van der Waals surface area contributed by atoms with Gasteiger partial charge in [0.15, 0.2) is 0 Å². The zero-order valence-electron chi connectivity index (χ0n) is 12.7. The van der Waals surface area contributed by atoms with E-state index >= 15 is 0 Å². The second-order valence-corrected chi connectivity index (χ2v) is 5.77. The van der Waals surface area contributed by atoms with Gasteiger partial charge in [-0.3, -0.25) is 4.79 Å². The number of rotatable bonds is 5. The molecule has 0 bridgehead atoms. The number of nitrogens with one attached hydrogen (secondary N) is 2. The van der Waals surface area contributed by atoms with E-state index in [0.29, 0.717) is 12.5 Å². The van der Waals surface area contributed by atoms with Gasteiger partial charge in [-0.1, -0.05) is 19.9 Å². The predicted octanol–water partition coefficient (Wildman–Crippen LogP) is 3.08. The Kier molecular flexibility index (Phi) is 7.54.